The number of fused-ring (bicyclic) bond motifs is 1. The highest BCUT2D eigenvalue weighted by molar-refractivity contribution is 6.36. The summed E-state index contributed by atoms with van der Waals surface area (Å²) in [4.78, 5) is 4.44. The fourth-order valence-electron chi connectivity index (χ4n) is 1.89. The quantitative estimate of drug-likeness (QED) is 0.703. The molecule has 2 rings (SSSR count). The Morgan fingerprint density at radius 2 is 2.00 bits per heavy atom. The van der Waals surface area contributed by atoms with Gasteiger partial charge in [0, 0.05) is 11.6 Å². The van der Waals surface area contributed by atoms with Crippen LogP contribution < -0.4 is 0 Å². The molecule has 2 heteroatoms. The van der Waals surface area contributed by atoms with Crippen LogP contribution in [0.5, 0.6) is 0 Å². The van der Waals surface area contributed by atoms with E-state index in [2.05, 4.69) is 11.9 Å². The fourth-order valence-corrected chi connectivity index (χ4v) is 2.19. The summed E-state index contributed by atoms with van der Waals surface area (Å²) >= 11 is 6.38. The molecular weight excluding hydrogens is 218 g/mol. The van der Waals surface area contributed by atoms with Crippen LogP contribution in [-0.4, -0.2) is 4.98 Å². The van der Waals surface area contributed by atoms with Crippen LogP contribution in [0.1, 0.15) is 31.7 Å². The molecule has 0 saturated heterocycles. The van der Waals surface area contributed by atoms with Gasteiger partial charge in [-0.2, -0.15) is 0 Å². The minimum absolute atomic E-state index is 0.877. The van der Waals surface area contributed by atoms with E-state index in [1.807, 2.05) is 30.5 Å². The molecule has 0 spiro atoms. The molecule has 0 amide bonds. The van der Waals surface area contributed by atoms with E-state index < -0.39 is 0 Å². The lowest BCUT2D eigenvalue weighted by Crippen LogP contribution is -1.90. The Bertz CT molecular complexity index is 479. The molecule has 16 heavy (non-hydrogen) atoms. The topological polar surface area (TPSA) is 12.9 Å². The second kappa shape index (κ2) is 5.31. The van der Waals surface area contributed by atoms with Gasteiger partial charge in [-0.05, 0) is 24.5 Å². The van der Waals surface area contributed by atoms with E-state index in [-0.39, 0.29) is 0 Å². The van der Waals surface area contributed by atoms with E-state index in [0.717, 1.165) is 22.3 Å². The van der Waals surface area contributed by atoms with Crippen LogP contribution >= 0.6 is 11.6 Å². The molecule has 0 aliphatic heterocycles. The van der Waals surface area contributed by atoms with Crippen molar-refractivity contribution in [2.75, 3.05) is 0 Å². The zero-order valence-corrected chi connectivity index (χ0v) is 10.3. The number of hydrogen-bond donors (Lipinski definition) is 0. The minimum atomic E-state index is 0.877. The van der Waals surface area contributed by atoms with Crippen molar-refractivity contribution in [3.8, 4) is 0 Å². The molecule has 2 aromatic rings. The standard InChI is InChI=1S/C14H16ClN/c1-2-3-4-7-11-10-16-13-9-6-5-8-12(13)14(11)15/h5-6,8-10H,2-4,7H2,1H3. The second-order valence-electron chi connectivity index (χ2n) is 4.07. The number of pyridine rings is 1. The summed E-state index contributed by atoms with van der Waals surface area (Å²) < 4.78 is 0. The first-order chi connectivity index (χ1) is 7.83. The molecule has 0 N–H and O–H groups in total. The molecule has 1 heterocycles. The van der Waals surface area contributed by atoms with E-state index in [1.54, 1.807) is 0 Å². The molecule has 1 nitrogen and oxygen atoms in total. The summed E-state index contributed by atoms with van der Waals surface area (Å²) in [5, 5.41) is 1.94. The van der Waals surface area contributed by atoms with Gasteiger partial charge in [0.2, 0.25) is 0 Å². The van der Waals surface area contributed by atoms with Gasteiger partial charge in [0.1, 0.15) is 0 Å². The number of unbranched alkanes of at least 4 members (excludes halogenated alkanes) is 2. The van der Waals surface area contributed by atoms with Crippen molar-refractivity contribution in [1.82, 2.24) is 4.98 Å². The molecule has 0 aliphatic rings. The third kappa shape index (κ3) is 2.35. The molecule has 0 saturated carbocycles. The number of rotatable bonds is 4. The van der Waals surface area contributed by atoms with E-state index >= 15 is 0 Å². The third-order valence-corrected chi connectivity index (χ3v) is 3.28. The van der Waals surface area contributed by atoms with Crippen LogP contribution in [0.3, 0.4) is 0 Å². The predicted molar refractivity (Wildman–Crippen MR) is 70.0 cm³/mol. The van der Waals surface area contributed by atoms with Gasteiger partial charge in [-0.1, -0.05) is 49.6 Å². The molecule has 0 unspecified atom stereocenters. The summed E-state index contributed by atoms with van der Waals surface area (Å²) in [5.41, 5.74) is 2.15. The monoisotopic (exact) mass is 233 g/mol. The molecule has 0 fully saturated rings. The van der Waals surface area contributed by atoms with Gasteiger partial charge in [-0.3, -0.25) is 4.98 Å². The first-order valence-corrected chi connectivity index (χ1v) is 6.23. The van der Waals surface area contributed by atoms with Crippen molar-refractivity contribution < 1.29 is 0 Å². The van der Waals surface area contributed by atoms with Crippen molar-refractivity contribution in [2.45, 2.75) is 32.6 Å². The Morgan fingerprint density at radius 3 is 2.81 bits per heavy atom. The normalized spacial score (nSPS) is 10.9. The maximum absolute atomic E-state index is 6.38. The number of benzene rings is 1. The molecule has 0 bridgehead atoms. The third-order valence-electron chi connectivity index (χ3n) is 2.83. The van der Waals surface area contributed by atoms with Gasteiger partial charge in [-0.15, -0.1) is 0 Å². The number of hydrogen-bond acceptors (Lipinski definition) is 1. The van der Waals surface area contributed by atoms with Gasteiger partial charge in [0.05, 0.1) is 10.5 Å². The average Bonchev–Trinajstić information content (AvgIpc) is 2.33. The highest BCUT2D eigenvalue weighted by Gasteiger charge is 2.05. The zero-order chi connectivity index (χ0) is 11.4. The number of nitrogens with zero attached hydrogens (tertiary/aromatic N) is 1. The summed E-state index contributed by atoms with van der Waals surface area (Å²) in [6, 6.07) is 8.03. The van der Waals surface area contributed by atoms with Crippen LogP contribution in [-0.2, 0) is 6.42 Å². The lowest BCUT2D eigenvalue weighted by atomic mass is 10.1. The van der Waals surface area contributed by atoms with E-state index in [0.29, 0.717) is 0 Å². The maximum Gasteiger partial charge on any atom is 0.0717 e. The van der Waals surface area contributed by atoms with Crippen molar-refractivity contribution in [3.63, 3.8) is 0 Å². The fraction of sp³-hybridized carbons (Fsp3) is 0.357. The number of aromatic nitrogens is 1. The summed E-state index contributed by atoms with van der Waals surface area (Å²) in [5.74, 6) is 0. The lowest BCUT2D eigenvalue weighted by molar-refractivity contribution is 0.717. The molecule has 0 atom stereocenters. The van der Waals surface area contributed by atoms with Gasteiger partial charge >= 0.3 is 0 Å². The minimum Gasteiger partial charge on any atom is -0.256 e. The molecule has 1 aromatic heterocycles. The Kier molecular flexibility index (Phi) is 3.79. The predicted octanol–water partition coefficient (Wildman–Crippen LogP) is 4.62. The van der Waals surface area contributed by atoms with Crippen molar-refractivity contribution in [2.24, 2.45) is 0 Å². The zero-order valence-electron chi connectivity index (χ0n) is 9.54. The van der Waals surface area contributed by atoms with Gasteiger partial charge in [0.15, 0.2) is 0 Å². The van der Waals surface area contributed by atoms with E-state index in [9.17, 15) is 0 Å². The maximum atomic E-state index is 6.38. The van der Waals surface area contributed by atoms with Crippen LogP contribution in [0.4, 0.5) is 0 Å². The molecule has 0 radical (unpaired) electrons. The first kappa shape index (κ1) is 11.4. The molecule has 84 valence electrons. The first-order valence-electron chi connectivity index (χ1n) is 5.85. The molecular formula is C14H16ClN. The van der Waals surface area contributed by atoms with Crippen LogP contribution in [0.25, 0.3) is 10.9 Å². The van der Waals surface area contributed by atoms with Gasteiger partial charge in [0.25, 0.3) is 0 Å². The Labute approximate surface area is 101 Å². The number of halogens is 1. The van der Waals surface area contributed by atoms with Gasteiger partial charge in [-0.25, -0.2) is 0 Å². The van der Waals surface area contributed by atoms with Crippen molar-refractivity contribution >= 4 is 22.5 Å². The van der Waals surface area contributed by atoms with E-state index in [1.165, 1.54) is 24.8 Å². The van der Waals surface area contributed by atoms with Crippen LogP contribution in [0.15, 0.2) is 30.5 Å². The van der Waals surface area contributed by atoms with Crippen LogP contribution in [0.2, 0.25) is 5.02 Å². The average molecular weight is 234 g/mol. The Balaban J connectivity index is 2.29. The second-order valence-corrected chi connectivity index (χ2v) is 4.45. The van der Waals surface area contributed by atoms with Crippen molar-refractivity contribution in [1.29, 1.82) is 0 Å². The SMILES string of the molecule is CCCCCc1cnc2ccccc2c1Cl. The summed E-state index contributed by atoms with van der Waals surface area (Å²) in [6.07, 6.45) is 6.63. The lowest BCUT2D eigenvalue weighted by Gasteiger charge is -2.06. The smallest absolute Gasteiger partial charge is 0.0717 e. The molecule has 1 aromatic carbocycles. The van der Waals surface area contributed by atoms with E-state index in [4.69, 9.17) is 11.6 Å². The molecule has 0 aliphatic carbocycles. The highest BCUT2D eigenvalue weighted by atomic mass is 35.5. The number of para-hydroxylation sites is 1. The number of aryl methyl sites for hydroxylation is 1. The Morgan fingerprint density at radius 1 is 1.19 bits per heavy atom. The van der Waals surface area contributed by atoms with Gasteiger partial charge < -0.3 is 0 Å². The summed E-state index contributed by atoms with van der Waals surface area (Å²) in [6.45, 7) is 2.21. The van der Waals surface area contributed by atoms with Crippen LogP contribution in [0, 0.1) is 0 Å². The highest BCUT2D eigenvalue weighted by Crippen LogP contribution is 2.26. The Hall–Kier alpha value is -1.08. The summed E-state index contributed by atoms with van der Waals surface area (Å²) in [7, 11) is 0. The largest absolute Gasteiger partial charge is 0.256 e. The van der Waals surface area contributed by atoms with Crippen molar-refractivity contribution in [3.05, 3.63) is 41.0 Å².